The molecule has 0 saturated heterocycles. The van der Waals surface area contributed by atoms with Crippen LogP contribution in [0, 0.1) is 0 Å². The van der Waals surface area contributed by atoms with E-state index >= 15 is 0 Å². The van der Waals surface area contributed by atoms with Crippen LogP contribution in [0.25, 0.3) is 28.6 Å². The maximum Gasteiger partial charge on any atom is 0.258 e. The maximum atomic E-state index is 11.8. The first-order valence-electron chi connectivity index (χ1n) is 7.47. The van der Waals surface area contributed by atoms with Gasteiger partial charge in [0.25, 0.3) is 5.89 Å². The van der Waals surface area contributed by atoms with E-state index in [1.807, 2.05) is 24.3 Å². The highest BCUT2D eigenvalue weighted by atomic mass is 16.5. The molecule has 1 N–H and O–H groups in total. The molecule has 4 aromatic rings. The minimum atomic E-state index is -0.197. The first-order chi connectivity index (χ1) is 11.6. The van der Waals surface area contributed by atoms with Gasteiger partial charge < -0.3 is 9.51 Å². The van der Waals surface area contributed by atoms with Crippen LogP contribution in [0.5, 0.6) is 0 Å². The summed E-state index contributed by atoms with van der Waals surface area (Å²) >= 11 is 0. The molecular weight excluding hydrogens is 308 g/mol. The molecule has 8 heteroatoms. The molecule has 0 saturated carbocycles. The van der Waals surface area contributed by atoms with Gasteiger partial charge >= 0.3 is 0 Å². The zero-order valence-electron chi connectivity index (χ0n) is 13.1. The van der Waals surface area contributed by atoms with Gasteiger partial charge in [-0.3, -0.25) is 14.2 Å². The van der Waals surface area contributed by atoms with E-state index in [4.69, 9.17) is 4.52 Å². The van der Waals surface area contributed by atoms with E-state index in [0.717, 1.165) is 5.69 Å². The number of pyridine rings is 1. The van der Waals surface area contributed by atoms with Gasteiger partial charge in [0.05, 0.1) is 12.4 Å². The van der Waals surface area contributed by atoms with Crippen LogP contribution in [0.1, 0.15) is 25.5 Å². The van der Waals surface area contributed by atoms with Crippen LogP contribution in [0.15, 0.2) is 46.2 Å². The van der Waals surface area contributed by atoms with Gasteiger partial charge in [-0.25, -0.2) is 4.98 Å². The zero-order valence-corrected chi connectivity index (χ0v) is 13.1. The van der Waals surface area contributed by atoms with Gasteiger partial charge in [0, 0.05) is 29.7 Å². The Kier molecular flexibility index (Phi) is 3.23. The second kappa shape index (κ2) is 5.41. The van der Waals surface area contributed by atoms with Gasteiger partial charge in [-0.2, -0.15) is 4.98 Å². The van der Waals surface area contributed by atoms with Crippen molar-refractivity contribution in [1.82, 2.24) is 29.5 Å². The molecule has 0 spiro atoms. The third kappa shape index (κ3) is 2.37. The summed E-state index contributed by atoms with van der Waals surface area (Å²) in [5, 5.41) is 4.01. The summed E-state index contributed by atoms with van der Waals surface area (Å²) in [6.45, 7) is 4.00. The van der Waals surface area contributed by atoms with Crippen molar-refractivity contribution >= 4 is 5.65 Å². The zero-order chi connectivity index (χ0) is 16.7. The molecule has 0 aliphatic rings. The van der Waals surface area contributed by atoms with E-state index in [0.29, 0.717) is 28.6 Å². The summed E-state index contributed by atoms with van der Waals surface area (Å²) in [5.41, 5.74) is 2.60. The lowest BCUT2D eigenvalue weighted by Gasteiger charge is -2.05. The Morgan fingerprint density at radius 3 is 2.96 bits per heavy atom. The monoisotopic (exact) mass is 322 g/mol. The van der Waals surface area contributed by atoms with Crippen molar-refractivity contribution in [2.75, 3.05) is 0 Å². The Morgan fingerprint density at radius 2 is 2.12 bits per heavy atom. The molecule has 4 rings (SSSR count). The molecule has 0 aromatic carbocycles. The minimum Gasteiger partial charge on any atom is -0.334 e. The first kappa shape index (κ1) is 14.3. The van der Waals surface area contributed by atoms with Crippen molar-refractivity contribution in [3.05, 3.63) is 53.0 Å². The molecule has 0 radical (unpaired) electrons. The number of nitrogens with one attached hydrogen (secondary N) is 1. The second-order valence-electron chi connectivity index (χ2n) is 5.71. The standard InChI is InChI=1S/C16H14N6O2/c1-9(2)11-5-10(6-14(23)19-11)16-20-15(21-24-16)12-7-18-13-8-17-3-4-22(12)13/h3-9H,1-2H3,(H,19,23). The van der Waals surface area contributed by atoms with Crippen LogP contribution in [0.2, 0.25) is 0 Å². The maximum absolute atomic E-state index is 11.8. The molecule has 0 atom stereocenters. The van der Waals surface area contributed by atoms with Gasteiger partial charge in [0.2, 0.25) is 11.4 Å². The van der Waals surface area contributed by atoms with Gasteiger partial charge in [0.1, 0.15) is 5.69 Å². The molecule has 0 unspecified atom stereocenters. The summed E-state index contributed by atoms with van der Waals surface area (Å²) in [4.78, 5) is 27.3. The quantitative estimate of drug-likeness (QED) is 0.620. The van der Waals surface area contributed by atoms with Crippen molar-refractivity contribution in [3.8, 4) is 23.0 Å². The van der Waals surface area contributed by atoms with E-state index in [9.17, 15) is 4.79 Å². The highest BCUT2D eigenvalue weighted by Crippen LogP contribution is 2.23. The Labute approximate surface area is 136 Å². The third-order valence-corrected chi connectivity index (χ3v) is 3.71. The fourth-order valence-corrected chi connectivity index (χ4v) is 2.45. The number of hydrogen-bond donors (Lipinski definition) is 1. The lowest BCUT2D eigenvalue weighted by molar-refractivity contribution is 0.432. The van der Waals surface area contributed by atoms with Crippen molar-refractivity contribution < 1.29 is 4.52 Å². The predicted molar refractivity (Wildman–Crippen MR) is 86.4 cm³/mol. The van der Waals surface area contributed by atoms with Crippen molar-refractivity contribution in [2.24, 2.45) is 0 Å². The number of aromatic amines is 1. The second-order valence-corrected chi connectivity index (χ2v) is 5.71. The summed E-state index contributed by atoms with van der Waals surface area (Å²) < 4.78 is 7.16. The lowest BCUT2D eigenvalue weighted by Crippen LogP contribution is -2.09. The molecule has 0 aliphatic heterocycles. The van der Waals surface area contributed by atoms with Crippen LogP contribution >= 0.6 is 0 Å². The molecule has 24 heavy (non-hydrogen) atoms. The highest BCUT2D eigenvalue weighted by molar-refractivity contribution is 5.60. The first-order valence-corrected chi connectivity index (χ1v) is 7.47. The van der Waals surface area contributed by atoms with Crippen LogP contribution in [0.4, 0.5) is 0 Å². The summed E-state index contributed by atoms with van der Waals surface area (Å²) in [6.07, 6.45) is 6.74. The largest absolute Gasteiger partial charge is 0.334 e. The van der Waals surface area contributed by atoms with Crippen molar-refractivity contribution in [1.29, 1.82) is 0 Å². The number of H-pyrrole nitrogens is 1. The number of aromatic nitrogens is 6. The molecule has 0 amide bonds. The lowest BCUT2D eigenvalue weighted by atomic mass is 10.1. The SMILES string of the molecule is CC(C)c1cc(-c2nc(-c3cnc4cnccn34)no2)cc(=O)[nH]1. The number of imidazole rings is 1. The molecular formula is C16H14N6O2. The fourth-order valence-electron chi connectivity index (χ4n) is 2.45. The van der Waals surface area contributed by atoms with Crippen LogP contribution in [-0.4, -0.2) is 29.5 Å². The normalized spacial score (nSPS) is 11.5. The number of rotatable bonds is 3. The molecule has 120 valence electrons. The molecule has 0 bridgehead atoms. The Bertz CT molecular complexity index is 1080. The Morgan fingerprint density at radius 1 is 1.25 bits per heavy atom. The van der Waals surface area contributed by atoms with Crippen LogP contribution < -0.4 is 5.56 Å². The van der Waals surface area contributed by atoms with Crippen molar-refractivity contribution in [3.63, 3.8) is 0 Å². The van der Waals surface area contributed by atoms with Gasteiger partial charge in [-0.15, -0.1) is 0 Å². The van der Waals surface area contributed by atoms with E-state index in [2.05, 4.69) is 25.1 Å². The fraction of sp³-hybridized carbons (Fsp3) is 0.188. The topological polar surface area (TPSA) is 102 Å². The van der Waals surface area contributed by atoms with Crippen molar-refractivity contribution in [2.45, 2.75) is 19.8 Å². The summed E-state index contributed by atoms with van der Waals surface area (Å²) in [5.74, 6) is 0.878. The average molecular weight is 322 g/mol. The third-order valence-electron chi connectivity index (χ3n) is 3.71. The van der Waals surface area contributed by atoms with E-state index in [-0.39, 0.29) is 11.5 Å². The molecule has 0 fully saturated rings. The Balaban J connectivity index is 1.80. The summed E-state index contributed by atoms with van der Waals surface area (Å²) in [7, 11) is 0. The van der Waals surface area contributed by atoms with Gasteiger partial charge in [0.15, 0.2) is 5.65 Å². The number of nitrogens with zero attached hydrogens (tertiary/aromatic N) is 5. The number of fused-ring (bicyclic) bond motifs is 1. The molecule has 8 nitrogen and oxygen atoms in total. The smallest absolute Gasteiger partial charge is 0.258 e. The van der Waals surface area contributed by atoms with Gasteiger partial charge in [-0.05, 0) is 12.0 Å². The predicted octanol–water partition coefficient (Wildman–Crippen LogP) is 2.26. The molecule has 4 heterocycles. The number of hydrogen-bond acceptors (Lipinski definition) is 6. The van der Waals surface area contributed by atoms with E-state index < -0.39 is 0 Å². The average Bonchev–Trinajstić information content (AvgIpc) is 3.20. The van der Waals surface area contributed by atoms with Crippen LogP contribution in [-0.2, 0) is 0 Å². The Hall–Kier alpha value is -3.29. The highest BCUT2D eigenvalue weighted by Gasteiger charge is 2.16. The molecule has 4 aromatic heterocycles. The van der Waals surface area contributed by atoms with Crippen LogP contribution in [0.3, 0.4) is 0 Å². The van der Waals surface area contributed by atoms with E-state index in [1.165, 1.54) is 6.07 Å². The van der Waals surface area contributed by atoms with E-state index in [1.54, 1.807) is 24.8 Å². The van der Waals surface area contributed by atoms with Gasteiger partial charge in [-0.1, -0.05) is 19.0 Å². The molecule has 0 aliphatic carbocycles. The minimum absolute atomic E-state index is 0.186. The summed E-state index contributed by atoms with van der Waals surface area (Å²) in [6, 6.07) is 3.30.